The Morgan fingerprint density at radius 3 is 2.52 bits per heavy atom. The van der Waals surface area contributed by atoms with Gasteiger partial charge in [0.25, 0.3) is 5.91 Å². The van der Waals surface area contributed by atoms with Crippen molar-refractivity contribution in [2.75, 3.05) is 18.4 Å². The smallest absolute Gasteiger partial charge is 0.329 e. The average molecular weight is 838 g/mol. The Morgan fingerprint density at radius 1 is 0.934 bits per heavy atom. The van der Waals surface area contributed by atoms with Gasteiger partial charge >= 0.3 is 5.69 Å². The summed E-state index contributed by atoms with van der Waals surface area (Å²) in [5, 5.41) is 14.0. The fraction of sp³-hybridized carbons (Fsp3) is 0.375. The first-order valence-corrected chi connectivity index (χ1v) is 22.3. The number of para-hydroxylation sites is 1. The summed E-state index contributed by atoms with van der Waals surface area (Å²) in [4.78, 5) is 68.3. The van der Waals surface area contributed by atoms with E-state index >= 15 is 0 Å². The zero-order valence-electron chi connectivity index (χ0n) is 34.7. The third-order valence-corrected chi connectivity index (χ3v) is 12.9. The number of imidazole rings is 1. The number of aryl methyl sites for hydroxylation is 2. The number of imide groups is 1. The molecule has 2 atom stereocenters. The SMILES string of the molecule is C[C@@H]1CNc2c(sc3ccc4nc(-c5ccc(C#CCCNC(=O)CCCCCCCCCc6cccc7c6n(C)c(=O)n7C6CCC(=O)NC6=O)cc5)ccc4c23)C(=O)N1. The standard InChI is InChI=1S/C48H51N7O5S/c1-30-29-50-43-42-34-22-23-35(52-36(34)24-26-39(42)61-45(43)47(59)51-30)32-20-18-31(19-21-32)13-10-11-28-49-40(56)17-9-7-5-3-4-6-8-14-33-15-12-16-37-44(33)54(2)48(60)55(37)38-25-27-41(57)53-46(38)58/h12,15-16,18-24,26,30,38,50H,3-9,11,14,17,25,27-29H2,1-2H3,(H,49,56)(H,51,59)(H,53,57,58)/t30-,38?/m1/s1. The number of nitrogens with one attached hydrogen (secondary N) is 4. The summed E-state index contributed by atoms with van der Waals surface area (Å²) < 4.78 is 4.23. The van der Waals surface area contributed by atoms with Crippen LogP contribution in [-0.4, -0.2) is 56.9 Å². The van der Waals surface area contributed by atoms with Crippen molar-refractivity contribution in [3.05, 3.63) is 93.2 Å². The average Bonchev–Trinajstić information content (AvgIpc) is 3.71. The molecule has 0 aliphatic carbocycles. The van der Waals surface area contributed by atoms with Crippen molar-refractivity contribution in [2.24, 2.45) is 7.05 Å². The molecule has 0 saturated carbocycles. The second-order valence-electron chi connectivity index (χ2n) is 16.2. The highest BCUT2D eigenvalue weighted by Gasteiger charge is 2.31. The monoisotopic (exact) mass is 837 g/mol. The van der Waals surface area contributed by atoms with E-state index in [4.69, 9.17) is 4.98 Å². The summed E-state index contributed by atoms with van der Waals surface area (Å²) in [6.45, 7) is 3.19. The molecule has 3 aromatic carbocycles. The summed E-state index contributed by atoms with van der Waals surface area (Å²) in [5.41, 5.74) is 6.98. The normalized spacial score (nSPS) is 16.4. The molecule has 8 rings (SSSR count). The first-order valence-electron chi connectivity index (χ1n) is 21.5. The zero-order valence-corrected chi connectivity index (χ0v) is 35.5. The molecule has 13 heteroatoms. The van der Waals surface area contributed by atoms with Gasteiger partial charge in [-0.25, -0.2) is 9.78 Å². The minimum absolute atomic E-state index is 0.0357. The number of nitrogens with zero attached hydrogens (tertiary/aromatic N) is 3. The van der Waals surface area contributed by atoms with Crippen LogP contribution in [0.2, 0.25) is 0 Å². The number of hydrogen-bond donors (Lipinski definition) is 4. The van der Waals surface area contributed by atoms with Crippen LogP contribution < -0.4 is 27.0 Å². The molecule has 314 valence electrons. The van der Waals surface area contributed by atoms with Gasteiger partial charge in [-0.1, -0.05) is 68.2 Å². The minimum Gasteiger partial charge on any atom is -0.381 e. The van der Waals surface area contributed by atoms with Crippen molar-refractivity contribution in [1.29, 1.82) is 0 Å². The maximum Gasteiger partial charge on any atom is 0.329 e. The molecule has 0 bridgehead atoms. The third-order valence-electron chi connectivity index (χ3n) is 11.7. The number of piperidine rings is 1. The van der Waals surface area contributed by atoms with Crippen LogP contribution in [0.1, 0.15) is 104 Å². The Kier molecular flexibility index (Phi) is 12.6. The van der Waals surface area contributed by atoms with Gasteiger partial charge in [-0.15, -0.1) is 11.3 Å². The predicted molar refractivity (Wildman–Crippen MR) is 242 cm³/mol. The number of amides is 4. The summed E-state index contributed by atoms with van der Waals surface area (Å²) in [5.74, 6) is 5.70. The van der Waals surface area contributed by atoms with E-state index in [0.717, 1.165) is 111 Å². The van der Waals surface area contributed by atoms with Crippen LogP contribution in [0.3, 0.4) is 0 Å². The largest absolute Gasteiger partial charge is 0.381 e. The number of fused-ring (bicyclic) bond motifs is 6. The molecule has 0 spiro atoms. The first kappa shape index (κ1) is 41.5. The van der Waals surface area contributed by atoms with E-state index in [2.05, 4.69) is 45.2 Å². The Bertz CT molecular complexity index is 2770. The molecule has 4 amide bonds. The quantitative estimate of drug-likeness (QED) is 0.0503. The Balaban J connectivity index is 0.720. The highest BCUT2D eigenvalue weighted by molar-refractivity contribution is 7.21. The summed E-state index contributed by atoms with van der Waals surface area (Å²) in [7, 11) is 1.74. The highest BCUT2D eigenvalue weighted by Crippen LogP contribution is 2.41. The molecule has 5 heterocycles. The number of hydrogen-bond acceptors (Lipinski definition) is 8. The van der Waals surface area contributed by atoms with Crippen molar-refractivity contribution in [3.63, 3.8) is 0 Å². The van der Waals surface area contributed by atoms with Gasteiger partial charge in [-0.2, -0.15) is 0 Å². The molecular formula is C48H51N7O5S. The lowest BCUT2D eigenvalue weighted by Gasteiger charge is -2.21. The highest BCUT2D eigenvalue weighted by atomic mass is 32.1. The number of anilines is 1. The van der Waals surface area contributed by atoms with Gasteiger partial charge in [0.2, 0.25) is 17.7 Å². The van der Waals surface area contributed by atoms with Crippen LogP contribution >= 0.6 is 11.3 Å². The number of aromatic nitrogens is 3. The van der Waals surface area contributed by atoms with E-state index in [1.54, 1.807) is 16.2 Å². The van der Waals surface area contributed by atoms with E-state index in [0.29, 0.717) is 37.2 Å². The Morgan fingerprint density at radius 2 is 1.72 bits per heavy atom. The maximum atomic E-state index is 13.2. The van der Waals surface area contributed by atoms with Crippen LogP contribution in [0.4, 0.5) is 5.69 Å². The van der Waals surface area contributed by atoms with Crippen molar-refractivity contribution >= 4 is 72.7 Å². The van der Waals surface area contributed by atoms with Crippen LogP contribution in [0.25, 0.3) is 43.3 Å². The number of carbonyl (C=O) groups excluding carboxylic acids is 4. The molecule has 2 aliphatic heterocycles. The Hall–Kier alpha value is -6.26. The zero-order chi connectivity index (χ0) is 42.5. The van der Waals surface area contributed by atoms with Crippen LogP contribution in [0, 0.1) is 11.8 Å². The van der Waals surface area contributed by atoms with Gasteiger partial charge < -0.3 is 16.0 Å². The lowest BCUT2D eigenvalue weighted by Crippen LogP contribution is -2.44. The van der Waals surface area contributed by atoms with Gasteiger partial charge in [0.15, 0.2) is 0 Å². The van der Waals surface area contributed by atoms with Crippen LogP contribution in [0.5, 0.6) is 0 Å². The number of pyridine rings is 1. The fourth-order valence-corrected chi connectivity index (χ4v) is 9.66. The molecular weight excluding hydrogens is 787 g/mol. The number of unbranched alkanes of at least 4 members (excludes halogenated alkanes) is 6. The fourth-order valence-electron chi connectivity index (χ4n) is 8.56. The van der Waals surface area contributed by atoms with Gasteiger partial charge in [0.1, 0.15) is 10.9 Å². The lowest BCUT2D eigenvalue weighted by molar-refractivity contribution is -0.135. The summed E-state index contributed by atoms with van der Waals surface area (Å²) >= 11 is 1.51. The number of rotatable bonds is 14. The van der Waals surface area contributed by atoms with Gasteiger partial charge in [-0.3, -0.25) is 33.6 Å². The van der Waals surface area contributed by atoms with E-state index < -0.39 is 11.9 Å². The molecule has 1 fully saturated rings. The maximum absolute atomic E-state index is 13.2. The topological polar surface area (TPSA) is 156 Å². The number of thiophene rings is 1. The molecule has 2 aliphatic rings. The molecule has 1 saturated heterocycles. The first-order chi connectivity index (χ1) is 29.7. The number of carbonyl (C=O) groups is 4. The van der Waals surface area contributed by atoms with Crippen LogP contribution in [0.15, 0.2) is 71.5 Å². The van der Waals surface area contributed by atoms with Gasteiger partial charge in [0, 0.05) is 72.0 Å². The molecule has 12 nitrogen and oxygen atoms in total. The van der Waals surface area contributed by atoms with E-state index in [-0.39, 0.29) is 35.9 Å². The predicted octanol–water partition coefficient (Wildman–Crippen LogP) is 7.51. The van der Waals surface area contributed by atoms with E-state index in [1.165, 1.54) is 11.3 Å². The molecule has 61 heavy (non-hydrogen) atoms. The molecule has 1 unspecified atom stereocenters. The Labute approximate surface area is 358 Å². The second-order valence-corrected chi connectivity index (χ2v) is 17.2. The van der Waals surface area contributed by atoms with Crippen molar-refractivity contribution in [3.8, 4) is 23.1 Å². The van der Waals surface area contributed by atoms with Crippen molar-refractivity contribution in [1.82, 2.24) is 30.1 Å². The molecule has 6 aromatic rings. The summed E-state index contributed by atoms with van der Waals surface area (Å²) in [6, 6.07) is 21.5. The minimum atomic E-state index is -0.680. The molecule has 0 radical (unpaired) electrons. The third kappa shape index (κ3) is 9.10. The molecule has 4 N–H and O–H groups in total. The summed E-state index contributed by atoms with van der Waals surface area (Å²) in [6.07, 6.45) is 9.76. The van der Waals surface area contributed by atoms with E-state index in [9.17, 15) is 24.0 Å². The molecule has 3 aromatic heterocycles. The van der Waals surface area contributed by atoms with Gasteiger partial charge in [0.05, 0.1) is 27.9 Å². The van der Waals surface area contributed by atoms with Crippen LogP contribution in [-0.2, 0) is 27.9 Å². The van der Waals surface area contributed by atoms with Crippen molar-refractivity contribution in [2.45, 2.75) is 96.1 Å². The second kappa shape index (κ2) is 18.6. The lowest BCUT2D eigenvalue weighted by atomic mass is 10.0. The number of benzene rings is 3. The van der Waals surface area contributed by atoms with E-state index in [1.807, 2.05) is 61.5 Å². The van der Waals surface area contributed by atoms with Gasteiger partial charge in [-0.05, 0) is 80.6 Å². The van der Waals surface area contributed by atoms with Crippen molar-refractivity contribution < 1.29 is 19.2 Å².